The van der Waals surface area contributed by atoms with Crippen LogP contribution in [0.15, 0.2) is 48.6 Å². The number of rotatable bonds is 3. The number of hydrogen-bond donors (Lipinski definition) is 2. The number of ether oxygens (including phenoxy) is 1. The van der Waals surface area contributed by atoms with Gasteiger partial charge in [0.05, 0.1) is 24.2 Å². The van der Waals surface area contributed by atoms with Crippen LogP contribution in [0.1, 0.15) is 53.6 Å². The molecule has 4 aliphatic rings. The molecule has 6 rings (SSSR count). The third-order valence-corrected chi connectivity index (χ3v) is 12.5. The van der Waals surface area contributed by atoms with Crippen molar-refractivity contribution in [3.8, 4) is 5.75 Å². The van der Waals surface area contributed by atoms with Crippen LogP contribution in [0, 0.1) is 11.8 Å². The molecule has 2 N–H and O–H groups in total. The Morgan fingerprint density at radius 2 is 2.00 bits per heavy atom. The van der Waals surface area contributed by atoms with Crippen LogP contribution in [0.5, 0.6) is 5.75 Å². The van der Waals surface area contributed by atoms with Crippen LogP contribution in [-0.4, -0.2) is 83.1 Å². The summed E-state index contributed by atoms with van der Waals surface area (Å²) in [6.45, 7) is 1.38. The molecule has 0 aromatic heterocycles. The molecule has 244 valence electrons. The molecule has 1 spiro atoms. The Hall–Kier alpha value is -2.64. The molecule has 45 heavy (non-hydrogen) atoms. The van der Waals surface area contributed by atoms with Gasteiger partial charge < -0.3 is 14.7 Å². The average Bonchev–Trinajstić information content (AvgIpc) is 3.10. The smallest absolute Gasteiger partial charge is 0.304 e. The number of aliphatic hydroxyl groups is 1. The van der Waals surface area contributed by atoms with Gasteiger partial charge in [0.15, 0.2) is 0 Å². The predicted octanol–water partition coefficient (Wildman–Crippen LogP) is 3.48. The minimum atomic E-state index is -4.38. The number of carbonyl (C=O) groups is 1. The standard InChI is InChI=1S/C32H40ClN3O7S2/c1-44(39,40)16-15-36-14-3-2-6-29(37)26-10-7-24(26)19-35-20-32(13-4-5-22-17-25(33)9-11-27(22)32)21-43-30-12-8-23(18-28(30)35)31(38)34-45(36,41)42/h2,6,8-9,11-12,17-18,24,26,29,37H,3-5,7,10,13-16,19-21H2,1H3,(H,34,38)/b6-2-/t24-,26+,29-,32-/m0/s1. The molecule has 0 unspecified atom stereocenters. The van der Waals surface area contributed by atoms with E-state index in [4.69, 9.17) is 16.3 Å². The molecule has 10 nitrogen and oxygen atoms in total. The van der Waals surface area contributed by atoms with E-state index in [0.717, 1.165) is 42.7 Å². The summed E-state index contributed by atoms with van der Waals surface area (Å²) in [7, 11) is -7.84. The molecule has 0 saturated heterocycles. The number of halogens is 1. The van der Waals surface area contributed by atoms with Gasteiger partial charge in [-0.1, -0.05) is 29.8 Å². The van der Waals surface area contributed by atoms with Gasteiger partial charge in [-0.25, -0.2) is 13.1 Å². The van der Waals surface area contributed by atoms with E-state index in [9.17, 15) is 26.7 Å². The first-order valence-electron chi connectivity index (χ1n) is 15.5. The molecular formula is C32H40ClN3O7S2. The Labute approximate surface area is 270 Å². The van der Waals surface area contributed by atoms with Gasteiger partial charge in [-0.05, 0) is 91.8 Å². The fourth-order valence-electron chi connectivity index (χ4n) is 7.27. The van der Waals surface area contributed by atoms with E-state index in [-0.39, 0.29) is 48.1 Å². The van der Waals surface area contributed by atoms with Gasteiger partial charge in [0.2, 0.25) is 0 Å². The van der Waals surface area contributed by atoms with Crippen molar-refractivity contribution in [2.24, 2.45) is 11.8 Å². The topological polar surface area (TPSA) is 133 Å². The van der Waals surface area contributed by atoms with Crippen molar-refractivity contribution in [1.29, 1.82) is 0 Å². The minimum absolute atomic E-state index is 0.0340. The van der Waals surface area contributed by atoms with E-state index in [1.807, 2.05) is 12.1 Å². The Morgan fingerprint density at radius 1 is 1.18 bits per heavy atom. The minimum Gasteiger partial charge on any atom is -0.490 e. The summed E-state index contributed by atoms with van der Waals surface area (Å²) >= 11 is 6.38. The number of aliphatic hydroxyl groups excluding tert-OH is 1. The molecule has 13 heteroatoms. The van der Waals surface area contributed by atoms with Gasteiger partial charge in [0, 0.05) is 48.4 Å². The molecule has 4 atom stereocenters. The van der Waals surface area contributed by atoms with Crippen LogP contribution in [0.3, 0.4) is 0 Å². The molecular weight excluding hydrogens is 638 g/mol. The first-order chi connectivity index (χ1) is 21.3. The summed E-state index contributed by atoms with van der Waals surface area (Å²) < 4.78 is 60.1. The lowest BCUT2D eigenvalue weighted by atomic mass is 9.68. The van der Waals surface area contributed by atoms with E-state index >= 15 is 0 Å². The summed E-state index contributed by atoms with van der Waals surface area (Å²) in [6.07, 6.45) is 8.70. The van der Waals surface area contributed by atoms with E-state index in [1.54, 1.807) is 30.4 Å². The summed E-state index contributed by atoms with van der Waals surface area (Å²) in [5.74, 6) is -0.344. The molecule has 2 aliphatic heterocycles. The molecule has 2 heterocycles. The number of fused-ring (bicyclic) bond motifs is 4. The average molecular weight is 678 g/mol. The molecule has 1 saturated carbocycles. The second kappa shape index (κ2) is 12.5. The van der Waals surface area contributed by atoms with Crippen molar-refractivity contribution in [1.82, 2.24) is 9.03 Å². The van der Waals surface area contributed by atoms with Crippen molar-refractivity contribution in [2.75, 3.05) is 49.7 Å². The zero-order chi connectivity index (χ0) is 32.0. The van der Waals surface area contributed by atoms with Gasteiger partial charge in [-0.15, -0.1) is 0 Å². The zero-order valence-electron chi connectivity index (χ0n) is 25.3. The summed E-state index contributed by atoms with van der Waals surface area (Å²) in [6, 6.07) is 11.0. The van der Waals surface area contributed by atoms with Gasteiger partial charge in [-0.3, -0.25) is 4.79 Å². The van der Waals surface area contributed by atoms with Crippen LogP contribution in [0.4, 0.5) is 5.69 Å². The molecule has 1 fully saturated rings. The highest BCUT2D eigenvalue weighted by molar-refractivity contribution is 7.90. The second-order valence-corrected chi connectivity index (χ2v) is 17.3. The lowest BCUT2D eigenvalue weighted by Crippen LogP contribution is -2.49. The maximum Gasteiger partial charge on any atom is 0.304 e. The fraction of sp³-hybridized carbons (Fsp3) is 0.531. The predicted molar refractivity (Wildman–Crippen MR) is 174 cm³/mol. The normalized spacial score (nSPS) is 29.4. The summed E-state index contributed by atoms with van der Waals surface area (Å²) in [5.41, 5.74) is 2.96. The number of nitrogens with zero attached hydrogens (tertiary/aromatic N) is 2. The number of nitrogens with one attached hydrogen (secondary N) is 1. The maximum atomic E-state index is 13.5. The molecule has 2 aromatic carbocycles. The van der Waals surface area contributed by atoms with Crippen LogP contribution < -0.4 is 14.4 Å². The number of aryl methyl sites for hydroxylation is 1. The van der Waals surface area contributed by atoms with Gasteiger partial charge >= 0.3 is 10.2 Å². The lowest BCUT2D eigenvalue weighted by Gasteiger charge is -2.45. The Bertz CT molecular complexity index is 1710. The number of carbonyl (C=O) groups excluding carboxylic acids is 1. The zero-order valence-corrected chi connectivity index (χ0v) is 27.7. The van der Waals surface area contributed by atoms with E-state index in [2.05, 4.69) is 15.7 Å². The van der Waals surface area contributed by atoms with E-state index in [0.29, 0.717) is 36.2 Å². The van der Waals surface area contributed by atoms with Crippen molar-refractivity contribution < 1.29 is 31.5 Å². The highest BCUT2D eigenvalue weighted by Gasteiger charge is 2.44. The van der Waals surface area contributed by atoms with Crippen molar-refractivity contribution in [2.45, 2.75) is 50.0 Å². The quantitative estimate of drug-likeness (QED) is 0.472. The van der Waals surface area contributed by atoms with Crippen LogP contribution in [0.25, 0.3) is 0 Å². The van der Waals surface area contributed by atoms with Crippen LogP contribution >= 0.6 is 11.6 Å². The molecule has 0 radical (unpaired) electrons. The Kier molecular flexibility index (Phi) is 8.99. The third-order valence-electron chi connectivity index (χ3n) is 9.82. The SMILES string of the molecule is CS(=O)(=O)CCN1CC/C=C\[C@H](O)[C@@H]2CC[C@H]2CN2C[C@@]3(CCCc4cc(Cl)ccc43)COc3ccc(cc32)C(=O)NS1(=O)=O. The summed E-state index contributed by atoms with van der Waals surface area (Å²) in [5, 5.41) is 11.8. The Morgan fingerprint density at radius 3 is 2.76 bits per heavy atom. The van der Waals surface area contributed by atoms with Gasteiger partial charge in [0.1, 0.15) is 15.6 Å². The van der Waals surface area contributed by atoms with E-state index < -0.39 is 32.1 Å². The highest BCUT2D eigenvalue weighted by atomic mass is 35.5. The van der Waals surface area contributed by atoms with Crippen LogP contribution in [-0.2, 0) is 31.9 Å². The van der Waals surface area contributed by atoms with Crippen molar-refractivity contribution in [3.63, 3.8) is 0 Å². The second-order valence-electron chi connectivity index (χ2n) is 13.0. The lowest BCUT2D eigenvalue weighted by molar-refractivity contribution is 0.0456. The summed E-state index contributed by atoms with van der Waals surface area (Å²) in [4.78, 5) is 15.7. The van der Waals surface area contributed by atoms with Gasteiger partial charge in [-0.2, -0.15) is 12.7 Å². The molecule has 2 aliphatic carbocycles. The van der Waals surface area contributed by atoms with Crippen molar-refractivity contribution in [3.05, 3.63) is 70.3 Å². The largest absolute Gasteiger partial charge is 0.490 e. The monoisotopic (exact) mass is 677 g/mol. The molecule has 2 bridgehead atoms. The number of anilines is 1. The van der Waals surface area contributed by atoms with Gasteiger partial charge in [0.25, 0.3) is 5.91 Å². The molecule has 1 amide bonds. The molecule has 2 aromatic rings. The fourth-order valence-corrected chi connectivity index (χ4v) is 9.29. The number of sulfone groups is 1. The first-order valence-corrected chi connectivity index (χ1v) is 19.4. The Balaban J connectivity index is 1.39. The maximum absolute atomic E-state index is 13.5. The van der Waals surface area contributed by atoms with E-state index in [1.165, 1.54) is 11.1 Å². The number of benzene rings is 2. The van der Waals surface area contributed by atoms with Crippen LogP contribution in [0.2, 0.25) is 5.02 Å². The number of amides is 1. The third kappa shape index (κ3) is 6.90. The first kappa shape index (κ1) is 32.3. The van der Waals surface area contributed by atoms with Crippen molar-refractivity contribution >= 4 is 43.2 Å². The number of hydrogen-bond acceptors (Lipinski definition) is 8. The highest BCUT2D eigenvalue weighted by Crippen LogP contribution is 2.46.